The average Bonchev–Trinajstić information content (AvgIpc) is 3.24. The summed E-state index contributed by atoms with van der Waals surface area (Å²) in [4.78, 5) is 25.3. The maximum Gasteiger partial charge on any atom is 0.227 e. The molecule has 0 saturated heterocycles. The Morgan fingerprint density at radius 3 is 2.54 bits per heavy atom. The van der Waals surface area contributed by atoms with Crippen molar-refractivity contribution in [1.82, 2.24) is 0 Å². The molecule has 2 atom stereocenters. The van der Waals surface area contributed by atoms with Gasteiger partial charge < -0.3 is 20.5 Å². The van der Waals surface area contributed by atoms with E-state index in [1.165, 1.54) is 0 Å². The molecule has 2 unspecified atom stereocenters. The molecule has 6 nitrogen and oxygen atoms in total. The van der Waals surface area contributed by atoms with Gasteiger partial charge in [-0.05, 0) is 60.4 Å². The highest BCUT2D eigenvalue weighted by atomic mass is 32.1. The van der Waals surface area contributed by atoms with Crippen LogP contribution < -0.4 is 15.8 Å². The van der Waals surface area contributed by atoms with Crippen LogP contribution in [0.25, 0.3) is 0 Å². The van der Waals surface area contributed by atoms with Crippen LogP contribution in [0, 0.1) is 5.92 Å². The highest BCUT2D eigenvalue weighted by Crippen LogP contribution is 2.56. The molecule has 0 fully saturated rings. The number of thiol groups is 1. The Hall–Kier alpha value is -3.29. The van der Waals surface area contributed by atoms with Crippen molar-refractivity contribution in [1.29, 1.82) is 0 Å². The average molecular weight is 517 g/mol. The van der Waals surface area contributed by atoms with Crippen LogP contribution >= 0.6 is 12.6 Å². The summed E-state index contributed by atoms with van der Waals surface area (Å²) < 4.78 is 12.9. The summed E-state index contributed by atoms with van der Waals surface area (Å²) in [6.07, 6.45) is 3.55. The number of anilines is 2. The van der Waals surface area contributed by atoms with E-state index in [9.17, 15) is 9.59 Å². The van der Waals surface area contributed by atoms with Crippen molar-refractivity contribution in [2.75, 3.05) is 11.1 Å². The first-order valence-electron chi connectivity index (χ1n) is 12.8. The quantitative estimate of drug-likeness (QED) is 0.178. The minimum Gasteiger partial charge on any atom is -0.456 e. The second-order valence-corrected chi connectivity index (χ2v) is 10.4. The normalized spacial score (nSPS) is 17.9. The molecular weight excluding hydrogens is 484 g/mol. The van der Waals surface area contributed by atoms with Gasteiger partial charge in [0.25, 0.3) is 0 Å². The van der Waals surface area contributed by atoms with Gasteiger partial charge in [0.15, 0.2) is 5.60 Å². The number of ether oxygens (including phenoxy) is 2. The molecule has 0 aliphatic carbocycles. The van der Waals surface area contributed by atoms with Gasteiger partial charge in [0.1, 0.15) is 17.3 Å². The third kappa shape index (κ3) is 4.74. The van der Waals surface area contributed by atoms with E-state index in [1.807, 2.05) is 62.4 Å². The van der Waals surface area contributed by atoms with E-state index in [0.717, 1.165) is 46.4 Å². The molecule has 2 heterocycles. The highest BCUT2D eigenvalue weighted by Gasteiger charge is 2.49. The van der Waals surface area contributed by atoms with Gasteiger partial charge >= 0.3 is 0 Å². The number of benzene rings is 3. The molecule has 192 valence electrons. The summed E-state index contributed by atoms with van der Waals surface area (Å²) in [7, 11) is 0. The number of Topliss-reactive ketones (excluding diaryl/α,β-unsaturated/α-hetero) is 1. The summed E-state index contributed by atoms with van der Waals surface area (Å²) in [6, 6.07) is 17.4. The lowest BCUT2D eigenvalue weighted by Crippen LogP contribution is -2.32. The zero-order valence-corrected chi connectivity index (χ0v) is 22.1. The second-order valence-electron chi connectivity index (χ2n) is 9.91. The first-order valence-corrected chi connectivity index (χ1v) is 13.3. The second kappa shape index (κ2) is 10.2. The third-order valence-corrected chi connectivity index (χ3v) is 7.61. The van der Waals surface area contributed by atoms with E-state index >= 15 is 0 Å². The van der Waals surface area contributed by atoms with Crippen molar-refractivity contribution < 1.29 is 19.1 Å². The number of nitrogen functional groups attached to an aromatic ring is 1. The molecule has 0 radical (unpaired) electrons. The molecule has 5 rings (SSSR count). The van der Waals surface area contributed by atoms with E-state index in [-0.39, 0.29) is 17.6 Å². The van der Waals surface area contributed by atoms with Crippen molar-refractivity contribution >= 4 is 35.7 Å². The van der Waals surface area contributed by atoms with Gasteiger partial charge in [0.2, 0.25) is 5.91 Å². The Morgan fingerprint density at radius 2 is 1.76 bits per heavy atom. The summed E-state index contributed by atoms with van der Waals surface area (Å²) in [5, 5.41) is 3.03. The molecule has 1 amide bonds. The lowest BCUT2D eigenvalue weighted by molar-refractivity contribution is -0.119. The first kappa shape index (κ1) is 25.4. The zero-order valence-electron chi connectivity index (χ0n) is 21.2. The van der Waals surface area contributed by atoms with Crippen LogP contribution in [-0.4, -0.2) is 11.7 Å². The summed E-state index contributed by atoms with van der Waals surface area (Å²) in [5.41, 5.74) is 10.4. The van der Waals surface area contributed by atoms with Gasteiger partial charge in [-0.25, -0.2) is 0 Å². The van der Waals surface area contributed by atoms with Gasteiger partial charge in [0.05, 0.1) is 6.61 Å². The molecule has 3 aromatic rings. The minimum atomic E-state index is -0.834. The number of unbranched alkanes of at least 4 members (excludes halogenated alkanes) is 1. The number of nitrogens with one attached hydrogen (secondary N) is 1. The summed E-state index contributed by atoms with van der Waals surface area (Å²) in [5.74, 6) is 1.30. The Balaban J connectivity index is 1.41. The molecule has 1 spiro atoms. The first-order chi connectivity index (χ1) is 17.8. The molecule has 7 heteroatoms. The number of rotatable bonds is 8. The topological polar surface area (TPSA) is 90.7 Å². The molecule has 37 heavy (non-hydrogen) atoms. The minimum absolute atomic E-state index is 0.0549. The maximum absolute atomic E-state index is 12.9. The van der Waals surface area contributed by atoms with Gasteiger partial charge in [-0.15, -0.1) is 12.6 Å². The number of amides is 1. The monoisotopic (exact) mass is 516 g/mol. The highest BCUT2D eigenvalue weighted by molar-refractivity contribution is 7.80. The van der Waals surface area contributed by atoms with Crippen molar-refractivity contribution in [3.05, 3.63) is 76.9 Å². The van der Waals surface area contributed by atoms with E-state index in [2.05, 4.69) is 24.0 Å². The fourth-order valence-electron chi connectivity index (χ4n) is 5.25. The number of hydrogen-bond donors (Lipinski definition) is 3. The molecule has 0 bridgehead atoms. The number of carbonyl (C=O) groups is 2. The predicted molar refractivity (Wildman–Crippen MR) is 147 cm³/mol. The van der Waals surface area contributed by atoms with Crippen molar-refractivity contribution in [3.63, 3.8) is 0 Å². The van der Waals surface area contributed by atoms with Crippen molar-refractivity contribution in [2.24, 2.45) is 5.92 Å². The molecule has 3 aromatic carbocycles. The van der Waals surface area contributed by atoms with Gasteiger partial charge in [-0.1, -0.05) is 26.3 Å². The lowest BCUT2D eigenvalue weighted by atomic mass is 9.77. The van der Waals surface area contributed by atoms with E-state index < -0.39 is 5.60 Å². The zero-order chi connectivity index (χ0) is 26.2. The van der Waals surface area contributed by atoms with Gasteiger partial charge in [0, 0.05) is 58.3 Å². The van der Waals surface area contributed by atoms with Crippen LogP contribution in [0.3, 0.4) is 0 Å². The van der Waals surface area contributed by atoms with Crippen LogP contribution in [0.2, 0.25) is 0 Å². The van der Waals surface area contributed by atoms with Crippen LogP contribution in [0.4, 0.5) is 11.4 Å². The molecule has 2 aliphatic heterocycles. The van der Waals surface area contributed by atoms with Crippen molar-refractivity contribution in [3.8, 4) is 11.5 Å². The third-order valence-electron chi connectivity index (χ3n) is 7.33. The smallest absolute Gasteiger partial charge is 0.227 e. The number of fused-ring (bicyclic) bond motifs is 6. The lowest BCUT2D eigenvalue weighted by Gasteiger charge is -2.37. The van der Waals surface area contributed by atoms with Crippen molar-refractivity contribution in [2.45, 2.75) is 63.1 Å². The largest absolute Gasteiger partial charge is 0.456 e. The Bertz CT molecular complexity index is 1370. The number of hydrogen-bond acceptors (Lipinski definition) is 6. The summed E-state index contributed by atoms with van der Waals surface area (Å²) >= 11 is 4.51. The van der Waals surface area contributed by atoms with Crippen LogP contribution in [0.5, 0.6) is 11.5 Å². The SMILES string of the molecule is CCC(=O)CCCCC(C)C(=O)Nc1ccc2c(c1)Oc1cc(N)ccc1C21OCc2cc(S)ccc21. The Kier molecular flexibility index (Phi) is 7.01. The number of ketones is 1. The predicted octanol–water partition coefficient (Wildman–Crippen LogP) is 6.60. The Morgan fingerprint density at radius 1 is 1.03 bits per heavy atom. The fraction of sp³-hybridized carbons (Fsp3) is 0.333. The molecule has 2 aliphatic rings. The van der Waals surface area contributed by atoms with E-state index in [1.54, 1.807) is 0 Å². The number of nitrogens with two attached hydrogens (primary N) is 1. The molecule has 0 aromatic heterocycles. The standard InChI is InChI=1S/C30H32N2O4S/c1-3-22(33)7-5-4-6-18(2)29(34)32-21-9-12-26-28(16-21)36-27-15-20(31)8-11-25(27)30(26)24-13-10-23(37)14-19(24)17-35-30/h8-16,18,37H,3-7,17,31H2,1-2H3,(H,32,34). The number of carbonyl (C=O) groups excluding carboxylic acids is 2. The maximum atomic E-state index is 12.9. The molecule has 0 saturated carbocycles. The van der Waals surface area contributed by atoms with Gasteiger partial charge in [-0.2, -0.15) is 0 Å². The van der Waals surface area contributed by atoms with Crippen LogP contribution in [0.15, 0.2) is 59.5 Å². The van der Waals surface area contributed by atoms with Gasteiger partial charge in [-0.3, -0.25) is 9.59 Å². The molecular formula is C30H32N2O4S. The summed E-state index contributed by atoms with van der Waals surface area (Å²) in [6.45, 7) is 4.25. The Labute approximate surface area is 223 Å². The van der Waals surface area contributed by atoms with Crippen LogP contribution in [-0.2, 0) is 26.5 Å². The van der Waals surface area contributed by atoms with E-state index in [4.69, 9.17) is 15.2 Å². The molecule has 3 N–H and O–H groups in total. The van der Waals surface area contributed by atoms with Crippen LogP contribution in [0.1, 0.15) is 68.2 Å². The van der Waals surface area contributed by atoms with E-state index in [0.29, 0.717) is 42.3 Å². The fourth-order valence-corrected chi connectivity index (χ4v) is 5.48.